The molecule has 5 heteroatoms. The average Bonchev–Trinajstić information content (AvgIpc) is 2.81. The van der Waals surface area contributed by atoms with Crippen LogP contribution >= 0.6 is 27.3 Å². The third-order valence-corrected chi connectivity index (χ3v) is 3.69. The first-order chi connectivity index (χ1) is 8.20. The molecule has 0 fully saturated rings. The Morgan fingerprint density at radius 3 is 2.94 bits per heavy atom. The number of aromatic nitrogens is 1. The molecule has 3 nitrogen and oxygen atoms in total. The van der Waals surface area contributed by atoms with Crippen LogP contribution in [0.1, 0.15) is 11.3 Å². The summed E-state index contributed by atoms with van der Waals surface area (Å²) in [6.45, 7) is 1.34. The molecule has 2 rings (SSSR count). The van der Waals surface area contributed by atoms with Crippen molar-refractivity contribution in [1.29, 1.82) is 0 Å². The average molecular weight is 312 g/mol. The minimum absolute atomic E-state index is 0.546. The van der Waals surface area contributed by atoms with Crippen LogP contribution in [0.3, 0.4) is 0 Å². The van der Waals surface area contributed by atoms with Gasteiger partial charge in [-0.25, -0.2) is 4.98 Å². The predicted molar refractivity (Wildman–Crippen MR) is 76.3 cm³/mol. The van der Waals surface area contributed by atoms with Crippen LogP contribution < -0.4 is 10.6 Å². The van der Waals surface area contributed by atoms with Gasteiger partial charge in [0.25, 0.3) is 0 Å². The molecule has 17 heavy (non-hydrogen) atoms. The molecule has 0 bridgehead atoms. The second-order valence-corrected chi connectivity index (χ2v) is 5.45. The number of hydrogen-bond acceptors (Lipinski definition) is 4. The van der Waals surface area contributed by atoms with Crippen molar-refractivity contribution in [2.75, 3.05) is 11.9 Å². The van der Waals surface area contributed by atoms with Gasteiger partial charge >= 0.3 is 0 Å². The fourth-order valence-corrected chi connectivity index (χ4v) is 2.61. The van der Waals surface area contributed by atoms with Crippen LogP contribution in [0.4, 0.5) is 5.69 Å². The van der Waals surface area contributed by atoms with Crippen LogP contribution in [0.5, 0.6) is 0 Å². The Hall–Kier alpha value is -0.910. The molecule has 0 amide bonds. The molecule has 0 aliphatic heterocycles. The molecule has 1 aromatic heterocycles. The van der Waals surface area contributed by atoms with Crippen LogP contribution in [0.25, 0.3) is 0 Å². The fourth-order valence-electron chi connectivity index (χ4n) is 1.71. The monoisotopic (exact) mass is 311 g/mol. The van der Waals surface area contributed by atoms with Crippen molar-refractivity contribution in [3.63, 3.8) is 0 Å². The Balaban J connectivity index is 2.23. The first-order valence-electron chi connectivity index (χ1n) is 5.27. The van der Waals surface area contributed by atoms with E-state index in [0.29, 0.717) is 6.54 Å². The zero-order valence-corrected chi connectivity index (χ0v) is 12.0. The van der Waals surface area contributed by atoms with E-state index < -0.39 is 0 Å². The summed E-state index contributed by atoms with van der Waals surface area (Å²) in [5.74, 6) is 0. The molecule has 0 atom stereocenters. The Kier molecular flexibility index (Phi) is 4.15. The highest BCUT2D eigenvalue weighted by molar-refractivity contribution is 9.10. The first-order valence-corrected chi connectivity index (χ1v) is 7.01. The van der Waals surface area contributed by atoms with Crippen molar-refractivity contribution < 1.29 is 0 Å². The Labute approximate surface area is 113 Å². The summed E-state index contributed by atoms with van der Waals surface area (Å²) in [6, 6.07) is 6.16. The van der Waals surface area contributed by atoms with Gasteiger partial charge in [0.2, 0.25) is 0 Å². The molecule has 90 valence electrons. The van der Waals surface area contributed by atoms with Crippen LogP contribution in [0.15, 0.2) is 33.6 Å². The van der Waals surface area contributed by atoms with Crippen LogP contribution in [0, 0.1) is 0 Å². The van der Waals surface area contributed by atoms with Crippen LogP contribution in [-0.2, 0) is 13.1 Å². The first kappa shape index (κ1) is 12.5. The molecule has 1 heterocycles. The third kappa shape index (κ3) is 3.06. The highest BCUT2D eigenvalue weighted by Gasteiger charge is 2.08. The Bertz CT molecular complexity index is 485. The van der Waals surface area contributed by atoms with Crippen molar-refractivity contribution in [2.24, 2.45) is 5.73 Å². The zero-order valence-electron chi connectivity index (χ0n) is 9.56. The minimum atomic E-state index is 0.546. The van der Waals surface area contributed by atoms with Crippen LogP contribution in [0.2, 0.25) is 0 Å². The maximum atomic E-state index is 5.76. The minimum Gasteiger partial charge on any atom is -0.368 e. The van der Waals surface area contributed by atoms with Gasteiger partial charge in [0.05, 0.1) is 17.7 Å². The summed E-state index contributed by atoms with van der Waals surface area (Å²) in [6.07, 6.45) is 0. The van der Waals surface area contributed by atoms with E-state index in [9.17, 15) is 0 Å². The molecular formula is C12H14BrN3S. The van der Waals surface area contributed by atoms with E-state index in [1.807, 2.05) is 11.6 Å². The smallest absolute Gasteiger partial charge is 0.0795 e. The molecular weight excluding hydrogens is 298 g/mol. The second-order valence-electron chi connectivity index (χ2n) is 3.81. The number of thiazole rings is 1. The SMILES string of the molecule is CN(Cc1cscn1)c1cc(Br)ccc1CN. The van der Waals surface area contributed by atoms with Gasteiger partial charge in [0.15, 0.2) is 0 Å². The number of nitrogens with zero attached hydrogens (tertiary/aromatic N) is 2. The molecule has 2 aromatic rings. The molecule has 0 aliphatic carbocycles. The topological polar surface area (TPSA) is 42.2 Å². The number of anilines is 1. The predicted octanol–water partition coefficient (Wildman–Crippen LogP) is 3.00. The standard InChI is InChI=1S/C12H14BrN3S/c1-16(6-11-7-17-8-15-11)12-4-10(13)3-2-9(12)5-14/h2-4,7-8H,5-6,14H2,1H3. The van der Waals surface area contributed by atoms with Crippen molar-refractivity contribution in [1.82, 2.24) is 4.98 Å². The van der Waals surface area contributed by atoms with Crippen LogP contribution in [-0.4, -0.2) is 12.0 Å². The summed E-state index contributed by atoms with van der Waals surface area (Å²) < 4.78 is 1.06. The molecule has 0 radical (unpaired) electrons. The van der Waals surface area contributed by atoms with Crippen molar-refractivity contribution >= 4 is 33.0 Å². The molecule has 2 N–H and O–H groups in total. The van der Waals surface area contributed by atoms with Crippen molar-refractivity contribution in [3.05, 3.63) is 44.8 Å². The molecule has 0 aliphatic rings. The lowest BCUT2D eigenvalue weighted by molar-refractivity contribution is 0.880. The van der Waals surface area contributed by atoms with E-state index in [0.717, 1.165) is 28.0 Å². The zero-order chi connectivity index (χ0) is 12.3. The number of benzene rings is 1. The molecule has 0 unspecified atom stereocenters. The second kappa shape index (κ2) is 5.62. The lowest BCUT2D eigenvalue weighted by atomic mass is 10.1. The molecule has 0 spiro atoms. The number of nitrogens with two attached hydrogens (primary N) is 1. The number of hydrogen-bond donors (Lipinski definition) is 1. The highest BCUT2D eigenvalue weighted by Crippen LogP contribution is 2.25. The van der Waals surface area contributed by atoms with E-state index >= 15 is 0 Å². The van der Waals surface area contributed by atoms with Gasteiger partial charge in [-0.3, -0.25) is 0 Å². The number of halogens is 1. The number of rotatable bonds is 4. The molecule has 0 saturated heterocycles. The maximum Gasteiger partial charge on any atom is 0.0795 e. The van der Waals surface area contributed by atoms with Gasteiger partial charge in [-0.1, -0.05) is 22.0 Å². The lowest BCUT2D eigenvalue weighted by Crippen LogP contribution is -2.19. The summed E-state index contributed by atoms with van der Waals surface area (Å²) in [5, 5.41) is 2.07. The van der Waals surface area contributed by atoms with Gasteiger partial charge in [-0.15, -0.1) is 11.3 Å². The molecule has 0 saturated carbocycles. The highest BCUT2D eigenvalue weighted by atomic mass is 79.9. The Morgan fingerprint density at radius 2 is 2.29 bits per heavy atom. The summed E-state index contributed by atoms with van der Waals surface area (Å²) >= 11 is 5.11. The molecule has 1 aromatic carbocycles. The summed E-state index contributed by atoms with van der Waals surface area (Å²) in [5.41, 5.74) is 11.0. The maximum absolute atomic E-state index is 5.76. The van der Waals surface area contributed by atoms with Crippen molar-refractivity contribution in [2.45, 2.75) is 13.1 Å². The largest absolute Gasteiger partial charge is 0.368 e. The van der Waals surface area contributed by atoms with Gasteiger partial charge in [0.1, 0.15) is 0 Å². The van der Waals surface area contributed by atoms with E-state index in [4.69, 9.17) is 5.73 Å². The summed E-state index contributed by atoms with van der Waals surface area (Å²) in [4.78, 5) is 6.46. The van der Waals surface area contributed by atoms with E-state index in [1.54, 1.807) is 11.3 Å². The van der Waals surface area contributed by atoms with Gasteiger partial charge in [-0.2, -0.15) is 0 Å². The third-order valence-electron chi connectivity index (χ3n) is 2.56. The van der Waals surface area contributed by atoms with Gasteiger partial charge < -0.3 is 10.6 Å². The van der Waals surface area contributed by atoms with Crippen molar-refractivity contribution in [3.8, 4) is 0 Å². The summed E-state index contributed by atoms with van der Waals surface area (Å²) in [7, 11) is 2.06. The van der Waals surface area contributed by atoms with E-state index in [-0.39, 0.29) is 0 Å². The quantitative estimate of drug-likeness (QED) is 0.944. The van der Waals surface area contributed by atoms with E-state index in [1.165, 1.54) is 0 Å². The van der Waals surface area contributed by atoms with Gasteiger partial charge in [-0.05, 0) is 17.7 Å². The fraction of sp³-hybridized carbons (Fsp3) is 0.250. The lowest BCUT2D eigenvalue weighted by Gasteiger charge is -2.21. The normalized spacial score (nSPS) is 10.5. The van der Waals surface area contributed by atoms with E-state index in [2.05, 4.69) is 50.4 Å². The Morgan fingerprint density at radius 1 is 1.47 bits per heavy atom. The van der Waals surface area contributed by atoms with Gasteiger partial charge in [0, 0.05) is 29.1 Å².